The van der Waals surface area contributed by atoms with Crippen LogP contribution in [0.3, 0.4) is 0 Å². The Bertz CT molecular complexity index is 629. The molecule has 3 rings (SSSR count). The second kappa shape index (κ2) is 6.42. The van der Waals surface area contributed by atoms with Crippen molar-refractivity contribution in [2.24, 2.45) is 5.73 Å². The summed E-state index contributed by atoms with van der Waals surface area (Å²) in [4.78, 5) is 0. The van der Waals surface area contributed by atoms with Gasteiger partial charge in [0, 0.05) is 0 Å². The molecule has 2 heteroatoms. The molecule has 0 amide bonds. The van der Waals surface area contributed by atoms with Gasteiger partial charge >= 0.3 is 0 Å². The van der Waals surface area contributed by atoms with Crippen LogP contribution in [-0.4, -0.2) is 11.2 Å². The van der Waals surface area contributed by atoms with Crippen LogP contribution in [0.15, 0.2) is 54.6 Å². The fraction of sp³-hybridized carbons (Fsp3) is 0.368. The molecule has 112 valence electrons. The van der Waals surface area contributed by atoms with E-state index < -0.39 is 11.6 Å². The van der Waals surface area contributed by atoms with Crippen LogP contribution in [0.25, 0.3) is 10.8 Å². The molecule has 2 atom stereocenters. The van der Waals surface area contributed by atoms with Gasteiger partial charge in [0.05, 0.1) is 11.6 Å². The van der Waals surface area contributed by atoms with E-state index in [0.717, 1.165) is 35.8 Å². The number of rotatable bonds is 1. The van der Waals surface area contributed by atoms with Gasteiger partial charge in [-0.3, -0.25) is 0 Å². The lowest BCUT2D eigenvalue weighted by Gasteiger charge is -2.39. The fourth-order valence-corrected chi connectivity index (χ4v) is 3.13. The monoisotopic (exact) mass is 283 g/mol. The summed E-state index contributed by atoms with van der Waals surface area (Å²) in [6, 6.07) is 14.4. The second-order valence-corrected chi connectivity index (χ2v) is 5.43. The number of benzene rings is 2. The SMILES string of the molecule is C=C1C(O)CCCC1(N)c1cccc2ccccc12.CC. The van der Waals surface area contributed by atoms with E-state index >= 15 is 0 Å². The standard InChI is InChI=1S/C17H19NO.C2H6/c1-12-16(19)10-5-11-17(12,18)15-9-4-7-13-6-2-3-8-14(13)15;1-2/h2-4,6-9,16,19H,1,5,10-11,18H2;1-2H3. The maximum absolute atomic E-state index is 10.1. The molecule has 2 nitrogen and oxygen atoms in total. The van der Waals surface area contributed by atoms with Crippen LogP contribution in [0.1, 0.15) is 38.7 Å². The fourth-order valence-electron chi connectivity index (χ4n) is 3.13. The van der Waals surface area contributed by atoms with Gasteiger partial charge in [0.25, 0.3) is 0 Å². The molecule has 2 aromatic rings. The Morgan fingerprint density at radius 1 is 1.14 bits per heavy atom. The van der Waals surface area contributed by atoms with Gasteiger partial charge in [0.1, 0.15) is 0 Å². The van der Waals surface area contributed by atoms with Gasteiger partial charge in [-0.1, -0.05) is 62.9 Å². The highest BCUT2D eigenvalue weighted by Gasteiger charge is 2.38. The van der Waals surface area contributed by atoms with Crippen LogP contribution in [-0.2, 0) is 5.54 Å². The van der Waals surface area contributed by atoms with E-state index in [1.807, 2.05) is 32.0 Å². The number of nitrogens with two attached hydrogens (primary N) is 1. The minimum absolute atomic E-state index is 0.488. The minimum Gasteiger partial charge on any atom is -0.389 e. The molecule has 1 aliphatic rings. The molecule has 21 heavy (non-hydrogen) atoms. The third-order valence-electron chi connectivity index (χ3n) is 4.29. The van der Waals surface area contributed by atoms with E-state index in [0.29, 0.717) is 0 Å². The molecule has 0 radical (unpaired) electrons. The maximum atomic E-state index is 10.1. The zero-order valence-corrected chi connectivity index (χ0v) is 13.0. The van der Waals surface area contributed by atoms with E-state index in [4.69, 9.17) is 5.73 Å². The summed E-state index contributed by atoms with van der Waals surface area (Å²) >= 11 is 0. The number of hydrogen-bond donors (Lipinski definition) is 2. The molecule has 2 unspecified atom stereocenters. The lowest BCUT2D eigenvalue weighted by Crippen LogP contribution is -2.45. The molecule has 0 aliphatic heterocycles. The Balaban J connectivity index is 0.000000774. The Kier molecular flexibility index (Phi) is 4.81. The lowest BCUT2D eigenvalue weighted by molar-refractivity contribution is 0.150. The molecular weight excluding hydrogens is 258 g/mol. The number of aliphatic hydroxyl groups excluding tert-OH is 1. The number of fused-ring (bicyclic) bond motifs is 1. The average Bonchev–Trinajstić information content (AvgIpc) is 2.54. The van der Waals surface area contributed by atoms with Crippen LogP contribution in [0.2, 0.25) is 0 Å². The smallest absolute Gasteiger partial charge is 0.0768 e. The molecule has 0 heterocycles. The van der Waals surface area contributed by atoms with Gasteiger partial charge in [-0.2, -0.15) is 0 Å². The predicted octanol–water partition coefficient (Wildman–Crippen LogP) is 4.12. The van der Waals surface area contributed by atoms with E-state index in [-0.39, 0.29) is 0 Å². The van der Waals surface area contributed by atoms with Gasteiger partial charge in [0.2, 0.25) is 0 Å². The van der Waals surface area contributed by atoms with Crippen LogP contribution in [0.5, 0.6) is 0 Å². The van der Waals surface area contributed by atoms with Gasteiger partial charge in [0.15, 0.2) is 0 Å². The molecule has 0 aromatic heterocycles. The summed E-state index contributed by atoms with van der Waals surface area (Å²) < 4.78 is 0. The molecule has 1 fully saturated rings. The van der Waals surface area contributed by atoms with Gasteiger partial charge in [-0.05, 0) is 41.2 Å². The zero-order chi connectivity index (χ0) is 15.5. The molecule has 2 aromatic carbocycles. The first kappa shape index (κ1) is 15.7. The summed E-state index contributed by atoms with van der Waals surface area (Å²) in [7, 11) is 0. The number of aliphatic hydroxyl groups is 1. The molecule has 0 saturated heterocycles. The van der Waals surface area contributed by atoms with Gasteiger partial charge in [-0.25, -0.2) is 0 Å². The van der Waals surface area contributed by atoms with Crippen molar-refractivity contribution in [3.8, 4) is 0 Å². The summed E-state index contributed by atoms with van der Waals surface area (Å²) in [6.07, 6.45) is 2.05. The molecule has 0 bridgehead atoms. The Morgan fingerprint density at radius 3 is 2.57 bits per heavy atom. The zero-order valence-electron chi connectivity index (χ0n) is 13.0. The van der Waals surface area contributed by atoms with Crippen molar-refractivity contribution in [1.29, 1.82) is 0 Å². The van der Waals surface area contributed by atoms with Crippen molar-refractivity contribution in [1.82, 2.24) is 0 Å². The molecule has 0 spiro atoms. The highest BCUT2D eigenvalue weighted by atomic mass is 16.3. The van der Waals surface area contributed by atoms with Crippen LogP contribution >= 0.6 is 0 Å². The highest BCUT2D eigenvalue weighted by molar-refractivity contribution is 5.87. The van der Waals surface area contributed by atoms with E-state index in [1.54, 1.807) is 0 Å². The van der Waals surface area contributed by atoms with Crippen molar-refractivity contribution in [3.05, 3.63) is 60.2 Å². The molecular formula is C19H25NO. The van der Waals surface area contributed by atoms with Crippen molar-refractivity contribution < 1.29 is 5.11 Å². The van der Waals surface area contributed by atoms with Crippen LogP contribution in [0, 0.1) is 0 Å². The predicted molar refractivity (Wildman–Crippen MR) is 90.2 cm³/mol. The first-order valence-electron chi connectivity index (χ1n) is 7.77. The third-order valence-corrected chi connectivity index (χ3v) is 4.29. The first-order chi connectivity index (χ1) is 10.1. The minimum atomic E-state index is -0.613. The van der Waals surface area contributed by atoms with Crippen molar-refractivity contribution in [2.45, 2.75) is 44.8 Å². The van der Waals surface area contributed by atoms with E-state index in [1.165, 1.54) is 5.39 Å². The molecule has 1 saturated carbocycles. The van der Waals surface area contributed by atoms with E-state index in [9.17, 15) is 5.11 Å². The second-order valence-electron chi connectivity index (χ2n) is 5.43. The Morgan fingerprint density at radius 2 is 1.81 bits per heavy atom. The normalized spacial score (nSPS) is 25.3. The summed E-state index contributed by atoms with van der Waals surface area (Å²) in [5.74, 6) is 0. The molecule has 3 N–H and O–H groups in total. The first-order valence-corrected chi connectivity index (χ1v) is 7.77. The topological polar surface area (TPSA) is 46.2 Å². The van der Waals surface area contributed by atoms with Gasteiger partial charge < -0.3 is 10.8 Å². The van der Waals surface area contributed by atoms with Crippen LogP contribution < -0.4 is 5.73 Å². The number of hydrogen-bond acceptors (Lipinski definition) is 2. The average molecular weight is 283 g/mol. The van der Waals surface area contributed by atoms with Crippen molar-refractivity contribution in [3.63, 3.8) is 0 Å². The Hall–Kier alpha value is -1.64. The quantitative estimate of drug-likeness (QED) is 0.773. The van der Waals surface area contributed by atoms with Crippen molar-refractivity contribution in [2.75, 3.05) is 0 Å². The summed E-state index contributed by atoms with van der Waals surface area (Å²) in [5.41, 5.74) is 7.83. The largest absolute Gasteiger partial charge is 0.389 e. The summed E-state index contributed by atoms with van der Waals surface area (Å²) in [5, 5.41) is 12.4. The van der Waals surface area contributed by atoms with Gasteiger partial charge in [-0.15, -0.1) is 0 Å². The molecule has 1 aliphatic carbocycles. The lowest BCUT2D eigenvalue weighted by atomic mass is 9.71. The Labute approximate surface area is 127 Å². The van der Waals surface area contributed by atoms with Crippen molar-refractivity contribution >= 4 is 10.8 Å². The third kappa shape index (κ3) is 2.74. The maximum Gasteiger partial charge on any atom is 0.0768 e. The van der Waals surface area contributed by atoms with Crippen LogP contribution in [0.4, 0.5) is 0 Å². The highest BCUT2D eigenvalue weighted by Crippen LogP contribution is 2.41. The summed E-state index contributed by atoms with van der Waals surface area (Å²) in [6.45, 7) is 8.06. The van der Waals surface area contributed by atoms with E-state index in [2.05, 4.69) is 30.8 Å².